The molecule has 1 aromatic rings. The van der Waals surface area contributed by atoms with Crippen molar-refractivity contribution in [1.82, 2.24) is 0 Å². The number of carbonyl (C=O) groups is 1. The van der Waals surface area contributed by atoms with E-state index in [2.05, 4.69) is 32.9 Å². The maximum Gasteiger partial charge on any atom is 0.353 e. The van der Waals surface area contributed by atoms with E-state index in [1.807, 2.05) is 13.8 Å². The normalized spacial score (nSPS) is 18.0. The van der Waals surface area contributed by atoms with Crippen LogP contribution >= 0.6 is 7.80 Å². The average Bonchev–Trinajstić information content (AvgIpc) is 3.08. The van der Waals surface area contributed by atoms with Gasteiger partial charge in [-0.05, 0) is 57.6 Å². The van der Waals surface area contributed by atoms with Crippen LogP contribution in [0.2, 0.25) is 0 Å². The summed E-state index contributed by atoms with van der Waals surface area (Å²) >= 11 is 0. The molecule has 0 bridgehead atoms. The molecule has 1 aliphatic rings. The Morgan fingerprint density at radius 1 is 1.12 bits per heavy atom. The highest BCUT2D eigenvalue weighted by atomic mass is 31.1. The maximum absolute atomic E-state index is 13.7. The van der Waals surface area contributed by atoms with Gasteiger partial charge in [0.25, 0.3) is 0 Å². The summed E-state index contributed by atoms with van der Waals surface area (Å²) in [6.45, 7) is 10.5. The highest BCUT2D eigenvalue weighted by Gasteiger charge is 2.57. The van der Waals surface area contributed by atoms with E-state index < -0.39 is 13.0 Å². The molecule has 1 aliphatic carbocycles. The second-order valence-corrected chi connectivity index (χ2v) is 10.3. The summed E-state index contributed by atoms with van der Waals surface area (Å²) in [6.07, 6.45) is 8.97. The quantitative estimate of drug-likeness (QED) is 0.339. The van der Waals surface area contributed by atoms with Crippen LogP contribution in [0.25, 0.3) is 0 Å². The zero-order valence-corrected chi connectivity index (χ0v) is 18.3. The summed E-state index contributed by atoms with van der Waals surface area (Å²) < 4.78 is 13.5. The lowest BCUT2D eigenvalue weighted by atomic mass is 9.88. The van der Waals surface area contributed by atoms with Crippen molar-refractivity contribution in [3.05, 3.63) is 34.4 Å². The van der Waals surface area contributed by atoms with Gasteiger partial charge in [-0.1, -0.05) is 49.0 Å². The molecule has 0 amide bonds. The van der Waals surface area contributed by atoms with Crippen molar-refractivity contribution in [2.45, 2.75) is 91.1 Å². The molecule has 3 heteroatoms. The van der Waals surface area contributed by atoms with Crippen LogP contribution in [-0.4, -0.2) is 17.1 Å². The minimum atomic E-state index is -1.52. The van der Waals surface area contributed by atoms with Gasteiger partial charge in [-0.25, -0.2) is 0 Å². The van der Waals surface area contributed by atoms with Crippen molar-refractivity contribution in [3.8, 4) is 0 Å². The third-order valence-electron chi connectivity index (χ3n) is 6.20. The molecule has 1 fully saturated rings. The number of rotatable bonds is 9. The summed E-state index contributed by atoms with van der Waals surface area (Å²) in [7, 11) is -1.52. The Bertz CT molecular complexity index is 633. The van der Waals surface area contributed by atoms with Gasteiger partial charge in [-0.3, -0.25) is 4.79 Å². The van der Waals surface area contributed by atoms with Crippen LogP contribution in [0.5, 0.6) is 0 Å². The summed E-state index contributed by atoms with van der Waals surface area (Å²) in [5.74, 6) is 0.653. The van der Waals surface area contributed by atoms with Crippen LogP contribution < -0.4 is 0 Å². The fraction of sp³-hybridized carbons (Fsp3) is 0.696. The van der Waals surface area contributed by atoms with Crippen molar-refractivity contribution in [1.29, 1.82) is 0 Å². The molecule has 0 saturated heterocycles. The molecule has 0 heterocycles. The van der Waals surface area contributed by atoms with Gasteiger partial charge < -0.3 is 0 Å². The van der Waals surface area contributed by atoms with Gasteiger partial charge in [0.2, 0.25) is 10.9 Å². The van der Waals surface area contributed by atoms with Gasteiger partial charge in [0.05, 0.1) is 0 Å². The fourth-order valence-corrected chi connectivity index (χ4v) is 7.06. The van der Waals surface area contributed by atoms with E-state index in [1.165, 1.54) is 18.4 Å². The van der Waals surface area contributed by atoms with Gasteiger partial charge in [0.1, 0.15) is 6.16 Å². The molecule has 0 radical (unpaired) electrons. The van der Waals surface area contributed by atoms with Crippen LogP contribution in [0.1, 0.15) is 92.3 Å². The van der Waals surface area contributed by atoms with Crippen molar-refractivity contribution < 1.29 is 9.36 Å². The third-order valence-corrected chi connectivity index (χ3v) is 8.66. The summed E-state index contributed by atoms with van der Waals surface area (Å²) in [5.41, 5.74) is 4.11. The molecule has 1 saturated carbocycles. The number of hydrogen-bond donors (Lipinski definition) is 0. The lowest BCUT2D eigenvalue weighted by molar-refractivity contribution is 0.0938. The lowest BCUT2D eigenvalue weighted by Gasteiger charge is -2.21. The minimum absolute atomic E-state index is 0.163. The Labute approximate surface area is 160 Å². The molecule has 2 nitrogen and oxygen atoms in total. The maximum atomic E-state index is 13.7. The standard InChI is InChI=1S/C23H36O2P/c1-6-8-11-20(7-2)16-26(25)23(12-9-10-13-23)22(24)21-18(4)14-17(3)15-19(21)5/h14-15,20H,6-13,16H2,1-5H3/q+1. The number of benzene rings is 1. The molecule has 2 atom stereocenters. The first kappa shape index (κ1) is 21.3. The molecule has 0 aliphatic heterocycles. The molecular formula is C23H36O2P+. The molecule has 2 unspecified atom stereocenters. The molecule has 2 rings (SSSR count). The van der Waals surface area contributed by atoms with E-state index in [0.29, 0.717) is 5.92 Å². The number of hydrogen-bond acceptors (Lipinski definition) is 2. The largest absolute Gasteiger partial charge is 0.353 e. The minimum Gasteiger partial charge on any atom is -0.289 e. The molecule has 0 spiro atoms. The number of ketones is 1. The summed E-state index contributed by atoms with van der Waals surface area (Å²) in [6, 6.07) is 4.18. The zero-order valence-electron chi connectivity index (χ0n) is 17.4. The monoisotopic (exact) mass is 375 g/mol. The van der Waals surface area contributed by atoms with Gasteiger partial charge in [0.15, 0.2) is 0 Å². The first-order chi connectivity index (χ1) is 12.4. The van der Waals surface area contributed by atoms with E-state index in [4.69, 9.17) is 0 Å². The Morgan fingerprint density at radius 3 is 2.19 bits per heavy atom. The summed E-state index contributed by atoms with van der Waals surface area (Å²) in [5, 5.41) is -0.611. The van der Waals surface area contributed by atoms with Gasteiger partial charge in [0, 0.05) is 24.3 Å². The van der Waals surface area contributed by atoms with Gasteiger partial charge in [-0.2, -0.15) is 0 Å². The molecule has 26 heavy (non-hydrogen) atoms. The van der Waals surface area contributed by atoms with E-state index in [9.17, 15) is 9.36 Å². The highest BCUT2D eigenvalue weighted by Crippen LogP contribution is 2.54. The van der Waals surface area contributed by atoms with Crippen molar-refractivity contribution in [3.63, 3.8) is 0 Å². The predicted octanol–water partition coefficient (Wildman–Crippen LogP) is 7.15. The van der Waals surface area contributed by atoms with Gasteiger partial charge >= 0.3 is 7.80 Å². The second kappa shape index (κ2) is 9.27. The fourth-order valence-electron chi connectivity index (χ4n) is 4.65. The van der Waals surface area contributed by atoms with Crippen molar-refractivity contribution in [2.75, 3.05) is 6.16 Å². The third kappa shape index (κ3) is 4.45. The number of carbonyl (C=O) groups excluding carboxylic acids is 1. The lowest BCUT2D eigenvalue weighted by Crippen LogP contribution is -2.34. The van der Waals surface area contributed by atoms with Crippen LogP contribution in [0.15, 0.2) is 12.1 Å². The molecule has 0 N–H and O–H groups in total. The van der Waals surface area contributed by atoms with Crippen LogP contribution in [0.4, 0.5) is 0 Å². The summed E-state index contributed by atoms with van der Waals surface area (Å²) in [4.78, 5) is 13.7. The van der Waals surface area contributed by atoms with Crippen LogP contribution in [0, 0.1) is 26.7 Å². The number of unbranched alkanes of at least 4 members (excludes halogenated alkanes) is 1. The van der Waals surface area contributed by atoms with E-state index in [0.717, 1.165) is 61.4 Å². The Morgan fingerprint density at radius 2 is 1.69 bits per heavy atom. The smallest absolute Gasteiger partial charge is 0.289 e. The van der Waals surface area contributed by atoms with Crippen molar-refractivity contribution in [2.24, 2.45) is 5.92 Å². The van der Waals surface area contributed by atoms with Crippen LogP contribution in [-0.2, 0) is 4.57 Å². The second-order valence-electron chi connectivity index (χ2n) is 8.32. The number of aryl methyl sites for hydroxylation is 3. The molecule has 0 aromatic heterocycles. The first-order valence-corrected chi connectivity index (χ1v) is 11.9. The number of Topliss-reactive ketones (excluding diaryl/α,β-unsaturated/α-hetero) is 1. The zero-order chi connectivity index (χ0) is 19.3. The molecule has 144 valence electrons. The Hall–Kier alpha value is -1.01. The topological polar surface area (TPSA) is 34.1 Å². The van der Waals surface area contributed by atoms with E-state index >= 15 is 0 Å². The molecular weight excluding hydrogens is 339 g/mol. The van der Waals surface area contributed by atoms with E-state index in [-0.39, 0.29) is 5.78 Å². The highest BCUT2D eigenvalue weighted by molar-refractivity contribution is 7.48. The Balaban J connectivity index is 2.32. The Kier molecular flexibility index (Phi) is 7.59. The van der Waals surface area contributed by atoms with E-state index in [1.54, 1.807) is 0 Å². The SMILES string of the molecule is CCCCC(CC)C[P+](=O)C1(C(=O)c2c(C)cc(C)cc2C)CCCC1. The molecule has 1 aromatic carbocycles. The first-order valence-electron chi connectivity index (χ1n) is 10.4. The van der Waals surface area contributed by atoms with Crippen molar-refractivity contribution >= 4 is 13.6 Å². The predicted molar refractivity (Wildman–Crippen MR) is 112 cm³/mol. The average molecular weight is 376 g/mol. The van der Waals surface area contributed by atoms with Gasteiger partial charge in [-0.15, -0.1) is 0 Å². The van der Waals surface area contributed by atoms with Crippen LogP contribution in [0.3, 0.4) is 0 Å².